The fourth-order valence-corrected chi connectivity index (χ4v) is 5.16. The molecular formula is C26H40F2O2. The maximum atomic E-state index is 13.4. The molecule has 1 aromatic carbocycles. The van der Waals surface area contributed by atoms with E-state index in [0.29, 0.717) is 30.6 Å². The van der Waals surface area contributed by atoms with Crippen molar-refractivity contribution in [3.8, 4) is 0 Å². The van der Waals surface area contributed by atoms with Gasteiger partial charge in [-0.1, -0.05) is 83.6 Å². The number of hydrogen-bond donors (Lipinski definition) is 0. The van der Waals surface area contributed by atoms with E-state index in [2.05, 4.69) is 6.92 Å². The highest BCUT2D eigenvalue weighted by Gasteiger charge is 2.32. The topological polar surface area (TPSA) is 18.5 Å². The standard InChI is InChI=1S/C26H40F2O2/c1-2-3-4-5-6-7-8-9-10-20-11-13-21(14-12-20)23-18-29-26(30-19-23)22-15-16-24(27)25(28)17-22/h15-17,20-21,23,26H,2-14,18-19H2,1H3/t20-,21-,23-,26-. The minimum absolute atomic E-state index is 0.426. The third-order valence-corrected chi connectivity index (χ3v) is 7.16. The maximum Gasteiger partial charge on any atom is 0.183 e. The molecule has 0 atom stereocenters. The summed E-state index contributed by atoms with van der Waals surface area (Å²) >= 11 is 0. The molecule has 0 aromatic heterocycles. The monoisotopic (exact) mass is 422 g/mol. The number of halogens is 2. The fourth-order valence-electron chi connectivity index (χ4n) is 5.16. The van der Waals surface area contributed by atoms with E-state index in [-0.39, 0.29) is 0 Å². The molecule has 0 spiro atoms. The number of ether oxygens (including phenoxy) is 2. The van der Waals surface area contributed by atoms with Crippen LogP contribution in [0.2, 0.25) is 0 Å². The third kappa shape index (κ3) is 7.30. The predicted molar refractivity (Wildman–Crippen MR) is 117 cm³/mol. The van der Waals surface area contributed by atoms with Gasteiger partial charge in [0.1, 0.15) is 0 Å². The first-order chi connectivity index (χ1) is 14.7. The highest BCUT2D eigenvalue weighted by atomic mass is 19.2. The molecule has 0 bridgehead atoms. The Kier molecular flexibility index (Phi) is 10.1. The van der Waals surface area contributed by atoms with Crippen molar-refractivity contribution in [2.45, 2.75) is 96.7 Å². The Hall–Kier alpha value is -1.00. The van der Waals surface area contributed by atoms with Crippen molar-refractivity contribution >= 4 is 0 Å². The molecule has 1 heterocycles. The molecule has 0 N–H and O–H groups in total. The summed E-state index contributed by atoms with van der Waals surface area (Å²) < 4.78 is 38.3. The molecule has 0 amide bonds. The lowest BCUT2D eigenvalue weighted by Gasteiger charge is -2.38. The largest absolute Gasteiger partial charge is 0.348 e. The van der Waals surface area contributed by atoms with Crippen LogP contribution in [-0.2, 0) is 9.47 Å². The van der Waals surface area contributed by atoms with Gasteiger partial charge in [0.25, 0.3) is 0 Å². The van der Waals surface area contributed by atoms with Crippen molar-refractivity contribution in [1.29, 1.82) is 0 Å². The zero-order valence-electron chi connectivity index (χ0n) is 18.7. The minimum Gasteiger partial charge on any atom is -0.348 e. The summed E-state index contributed by atoms with van der Waals surface area (Å²) in [5, 5.41) is 0. The van der Waals surface area contributed by atoms with Gasteiger partial charge in [0, 0.05) is 11.5 Å². The average molecular weight is 423 g/mol. The second kappa shape index (κ2) is 12.8. The summed E-state index contributed by atoms with van der Waals surface area (Å²) in [5.41, 5.74) is 0.557. The Labute approximate surface area is 181 Å². The zero-order chi connectivity index (χ0) is 21.2. The smallest absolute Gasteiger partial charge is 0.183 e. The van der Waals surface area contributed by atoms with Crippen molar-refractivity contribution in [3.63, 3.8) is 0 Å². The quantitative estimate of drug-likeness (QED) is 0.337. The lowest BCUT2D eigenvalue weighted by Crippen LogP contribution is -2.34. The highest BCUT2D eigenvalue weighted by molar-refractivity contribution is 5.19. The van der Waals surface area contributed by atoms with Crippen LogP contribution in [0.3, 0.4) is 0 Å². The van der Waals surface area contributed by atoms with E-state index in [1.165, 1.54) is 89.5 Å². The molecule has 1 saturated heterocycles. The van der Waals surface area contributed by atoms with Gasteiger partial charge in [-0.3, -0.25) is 0 Å². The second-order valence-corrected chi connectivity index (χ2v) is 9.48. The average Bonchev–Trinajstić information content (AvgIpc) is 2.78. The Bertz CT molecular complexity index is 605. The molecule has 0 radical (unpaired) electrons. The Morgan fingerprint density at radius 3 is 2.03 bits per heavy atom. The summed E-state index contributed by atoms with van der Waals surface area (Å²) in [7, 11) is 0. The molecule has 30 heavy (non-hydrogen) atoms. The summed E-state index contributed by atoms with van der Waals surface area (Å²) in [6.07, 6.45) is 17.2. The van der Waals surface area contributed by atoms with Crippen LogP contribution < -0.4 is 0 Å². The molecular weight excluding hydrogens is 382 g/mol. The van der Waals surface area contributed by atoms with Gasteiger partial charge >= 0.3 is 0 Å². The lowest BCUT2D eigenvalue weighted by atomic mass is 9.74. The molecule has 1 aliphatic heterocycles. The Morgan fingerprint density at radius 2 is 1.40 bits per heavy atom. The van der Waals surface area contributed by atoms with Crippen molar-refractivity contribution in [2.24, 2.45) is 17.8 Å². The van der Waals surface area contributed by atoms with E-state index in [0.717, 1.165) is 12.0 Å². The van der Waals surface area contributed by atoms with Crippen LogP contribution in [0.25, 0.3) is 0 Å². The predicted octanol–water partition coefficient (Wildman–Crippen LogP) is 7.96. The van der Waals surface area contributed by atoms with Crippen molar-refractivity contribution in [3.05, 3.63) is 35.4 Å². The molecule has 1 aliphatic carbocycles. The SMILES string of the molecule is CCCCCCCCCC[C@H]1CC[C@H]([C@H]2CO[C@H](c3ccc(F)c(F)c3)OC2)CC1. The number of hydrogen-bond acceptors (Lipinski definition) is 2. The fraction of sp³-hybridized carbons (Fsp3) is 0.769. The van der Waals surface area contributed by atoms with Gasteiger partial charge in [0.15, 0.2) is 17.9 Å². The van der Waals surface area contributed by atoms with E-state index >= 15 is 0 Å². The van der Waals surface area contributed by atoms with Crippen LogP contribution in [0.15, 0.2) is 18.2 Å². The van der Waals surface area contributed by atoms with E-state index in [1.807, 2.05) is 0 Å². The van der Waals surface area contributed by atoms with E-state index < -0.39 is 17.9 Å². The van der Waals surface area contributed by atoms with Gasteiger partial charge in [-0.15, -0.1) is 0 Å². The normalized spacial score (nSPS) is 27.3. The lowest BCUT2D eigenvalue weighted by molar-refractivity contribution is -0.214. The third-order valence-electron chi connectivity index (χ3n) is 7.16. The van der Waals surface area contributed by atoms with Crippen molar-refractivity contribution in [2.75, 3.05) is 13.2 Å². The van der Waals surface area contributed by atoms with Gasteiger partial charge in [-0.25, -0.2) is 8.78 Å². The molecule has 2 nitrogen and oxygen atoms in total. The van der Waals surface area contributed by atoms with Crippen LogP contribution in [0.1, 0.15) is 102 Å². The molecule has 1 saturated carbocycles. The molecule has 1 aromatic rings. The first kappa shape index (κ1) is 23.7. The molecule has 2 fully saturated rings. The number of unbranched alkanes of at least 4 members (excludes halogenated alkanes) is 7. The summed E-state index contributed by atoms with van der Waals surface area (Å²) in [6.45, 7) is 3.57. The summed E-state index contributed by atoms with van der Waals surface area (Å²) in [4.78, 5) is 0. The second-order valence-electron chi connectivity index (χ2n) is 9.48. The van der Waals surface area contributed by atoms with Crippen LogP contribution in [0.4, 0.5) is 8.78 Å². The van der Waals surface area contributed by atoms with E-state index in [1.54, 1.807) is 6.07 Å². The first-order valence-corrected chi connectivity index (χ1v) is 12.4. The van der Waals surface area contributed by atoms with Gasteiger partial charge in [-0.05, 0) is 36.8 Å². The van der Waals surface area contributed by atoms with Crippen LogP contribution >= 0.6 is 0 Å². The minimum atomic E-state index is -0.850. The highest BCUT2D eigenvalue weighted by Crippen LogP contribution is 2.38. The Morgan fingerprint density at radius 1 is 0.767 bits per heavy atom. The number of rotatable bonds is 11. The van der Waals surface area contributed by atoms with Gasteiger partial charge in [0.05, 0.1) is 13.2 Å². The van der Waals surface area contributed by atoms with Gasteiger partial charge in [-0.2, -0.15) is 0 Å². The van der Waals surface area contributed by atoms with E-state index in [4.69, 9.17) is 9.47 Å². The van der Waals surface area contributed by atoms with Crippen molar-refractivity contribution in [1.82, 2.24) is 0 Å². The van der Waals surface area contributed by atoms with Crippen LogP contribution in [0, 0.1) is 29.4 Å². The summed E-state index contributed by atoms with van der Waals surface area (Å²) in [5.74, 6) is 0.316. The summed E-state index contributed by atoms with van der Waals surface area (Å²) in [6, 6.07) is 3.85. The molecule has 2 aliphatic rings. The Balaban J connectivity index is 1.27. The van der Waals surface area contributed by atoms with Crippen LogP contribution in [-0.4, -0.2) is 13.2 Å². The van der Waals surface area contributed by atoms with Gasteiger partial charge in [0.2, 0.25) is 0 Å². The van der Waals surface area contributed by atoms with Crippen LogP contribution in [0.5, 0.6) is 0 Å². The first-order valence-electron chi connectivity index (χ1n) is 12.4. The number of benzene rings is 1. The molecule has 170 valence electrons. The molecule has 0 unspecified atom stereocenters. The van der Waals surface area contributed by atoms with Gasteiger partial charge < -0.3 is 9.47 Å². The molecule has 3 rings (SSSR count). The molecule has 4 heteroatoms. The zero-order valence-corrected chi connectivity index (χ0v) is 18.7. The van der Waals surface area contributed by atoms with E-state index in [9.17, 15) is 8.78 Å². The maximum absolute atomic E-state index is 13.4. The van der Waals surface area contributed by atoms with Crippen molar-refractivity contribution < 1.29 is 18.3 Å².